The van der Waals surface area contributed by atoms with Crippen molar-refractivity contribution < 1.29 is 0 Å². The molecule has 0 saturated carbocycles. The average Bonchev–Trinajstić information content (AvgIpc) is 2.41. The Morgan fingerprint density at radius 2 is 1.60 bits per heavy atom. The van der Waals surface area contributed by atoms with Gasteiger partial charge in [0.1, 0.15) is 0 Å². The SMILES string of the molecule is CCC(CC)(CNCC(C)C)Cc1c(C)cccc1C. The quantitative estimate of drug-likeness (QED) is 0.711. The molecular formula is C19H33N. The minimum absolute atomic E-state index is 0.395. The Hall–Kier alpha value is -0.820. The molecule has 1 rings (SSSR count). The van der Waals surface area contributed by atoms with Gasteiger partial charge in [-0.2, -0.15) is 0 Å². The van der Waals surface area contributed by atoms with E-state index in [0.717, 1.165) is 19.0 Å². The van der Waals surface area contributed by atoms with E-state index in [1.165, 1.54) is 30.4 Å². The van der Waals surface area contributed by atoms with Gasteiger partial charge in [-0.05, 0) is 67.7 Å². The van der Waals surface area contributed by atoms with Crippen LogP contribution in [0.15, 0.2) is 18.2 Å². The Kier molecular flexibility index (Phi) is 6.75. The zero-order chi connectivity index (χ0) is 15.2. The minimum atomic E-state index is 0.395. The molecule has 0 aliphatic heterocycles. The second-order valence-electron chi connectivity index (χ2n) is 6.78. The Morgan fingerprint density at radius 1 is 1.05 bits per heavy atom. The van der Waals surface area contributed by atoms with Gasteiger partial charge in [-0.25, -0.2) is 0 Å². The fourth-order valence-electron chi connectivity index (χ4n) is 2.94. The van der Waals surface area contributed by atoms with Crippen molar-refractivity contribution in [3.8, 4) is 0 Å². The van der Waals surface area contributed by atoms with Crippen LogP contribution in [0.4, 0.5) is 0 Å². The monoisotopic (exact) mass is 275 g/mol. The highest BCUT2D eigenvalue weighted by atomic mass is 14.9. The summed E-state index contributed by atoms with van der Waals surface area (Å²) in [5.41, 5.74) is 4.84. The highest BCUT2D eigenvalue weighted by Gasteiger charge is 2.27. The Labute approximate surface area is 126 Å². The summed E-state index contributed by atoms with van der Waals surface area (Å²) in [4.78, 5) is 0. The number of aryl methyl sites for hydroxylation is 2. The van der Waals surface area contributed by atoms with Crippen LogP contribution < -0.4 is 5.32 Å². The standard InChI is InChI=1S/C19H33N/c1-7-19(8-2,14-20-13-15(3)4)12-18-16(5)10-9-11-17(18)6/h9-11,15,20H,7-8,12-14H2,1-6H3. The van der Waals surface area contributed by atoms with E-state index in [9.17, 15) is 0 Å². The molecule has 1 aromatic carbocycles. The highest BCUT2D eigenvalue weighted by Crippen LogP contribution is 2.32. The van der Waals surface area contributed by atoms with E-state index in [1.54, 1.807) is 5.56 Å². The molecule has 1 heteroatoms. The smallest absolute Gasteiger partial charge is 0.00109 e. The first kappa shape index (κ1) is 17.2. The van der Waals surface area contributed by atoms with Gasteiger partial charge in [0.2, 0.25) is 0 Å². The zero-order valence-corrected chi connectivity index (χ0v) is 14.3. The molecular weight excluding hydrogens is 242 g/mol. The van der Waals surface area contributed by atoms with Crippen molar-refractivity contribution in [3.63, 3.8) is 0 Å². The first-order valence-electron chi connectivity index (χ1n) is 8.20. The summed E-state index contributed by atoms with van der Waals surface area (Å²) >= 11 is 0. The number of benzene rings is 1. The first-order valence-corrected chi connectivity index (χ1v) is 8.20. The van der Waals surface area contributed by atoms with Crippen molar-refractivity contribution in [1.82, 2.24) is 5.32 Å². The molecule has 0 spiro atoms. The number of hydrogen-bond donors (Lipinski definition) is 1. The number of hydrogen-bond acceptors (Lipinski definition) is 1. The van der Waals surface area contributed by atoms with Crippen LogP contribution in [0, 0.1) is 25.2 Å². The Balaban J connectivity index is 2.85. The molecule has 0 heterocycles. The topological polar surface area (TPSA) is 12.0 Å². The van der Waals surface area contributed by atoms with E-state index in [-0.39, 0.29) is 0 Å². The summed E-state index contributed by atoms with van der Waals surface area (Å²) in [5, 5.41) is 3.69. The van der Waals surface area contributed by atoms with Crippen LogP contribution in [0.2, 0.25) is 0 Å². The molecule has 1 nitrogen and oxygen atoms in total. The van der Waals surface area contributed by atoms with Crippen molar-refractivity contribution in [2.24, 2.45) is 11.3 Å². The number of nitrogens with one attached hydrogen (secondary N) is 1. The molecule has 0 fully saturated rings. The van der Waals surface area contributed by atoms with Crippen LogP contribution in [0.25, 0.3) is 0 Å². The fourth-order valence-corrected chi connectivity index (χ4v) is 2.94. The lowest BCUT2D eigenvalue weighted by molar-refractivity contribution is 0.242. The molecule has 0 aliphatic rings. The predicted octanol–water partition coefficient (Wildman–Crippen LogP) is 4.90. The maximum atomic E-state index is 3.69. The third kappa shape index (κ3) is 4.63. The van der Waals surface area contributed by atoms with Crippen LogP contribution in [0.3, 0.4) is 0 Å². The summed E-state index contributed by atoms with van der Waals surface area (Å²) in [5.74, 6) is 0.724. The Bertz CT molecular complexity index is 382. The third-order valence-corrected chi connectivity index (χ3v) is 4.75. The van der Waals surface area contributed by atoms with Gasteiger partial charge in [0.25, 0.3) is 0 Å². The van der Waals surface area contributed by atoms with Gasteiger partial charge in [0.05, 0.1) is 0 Å². The molecule has 20 heavy (non-hydrogen) atoms. The predicted molar refractivity (Wildman–Crippen MR) is 90.3 cm³/mol. The second kappa shape index (κ2) is 7.83. The molecule has 0 aromatic heterocycles. The van der Waals surface area contributed by atoms with E-state index in [1.807, 2.05) is 0 Å². The molecule has 0 atom stereocenters. The van der Waals surface area contributed by atoms with Gasteiger partial charge in [-0.1, -0.05) is 45.9 Å². The normalized spacial score (nSPS) is 12.2. The molecule has 0 amide bonds. The van der Waals surface area contributed by atoms with Gasteiger partial charge in [0.15, 0.2) is 0 Å². The van der Waals surface area contributed by atoms with E-state index in [4.69, 9.17) is 0 Å². The molecule has 1 aromatic rings. The van der Waals surface area contributed by atoms with E-state index in [0.29, 0.717) is 5.41 Å². The van der Waals surface area contributed by atoms with Crippen LogP contribution in [-0.2, 0) is 6.42 Å². The second-order valence-corrected chi connectivity index (χ2v) is 6.78. The zero-order valence-electron chi connectivity index (χ0n) is 14.3. The van der Waals surface area contributed by atoms with Crippen molar-refractivity contribution in [1.29, 1.82) is 0 Å². The Morgan fingerprint density at radius 3 is 2.05 bits per heavy atom. The largest absolute Gasteiger partial charge is 0.316 e. The van der Waals surface area contributed by atoms with Crippen molar-refractivity contribution in [3.05, 3.63) is 34.9 Å². The summed E-state index contributed by atoms with van der Waals surface area (Å²) in [6.45, 7) is 16.0. The average molecular weight is 275 g/mol. The van der Waals surface area contributed by atoms with Gasteiger partial charge in [-0.15, -0.1) is 0 Å². The van der Waals surface area contributed by atoms with Gasteiger partial charge in [-0.3, -0.25) is 0 Å². The van der Waals surface area contributed by atoms with E-state index >= 15 is 0 Å². The van der Waals surface area contributed by atoms with Crippen LogP contribution in [0.1, 0.15) is 57.2 Å². The highest BCUT2D eigenvalue weighted by molar-refractivity contribution is 5.34. The maximum absolute atomic E-state index is 3.69. The van der Waals surface area contributed by atoms with Gasteiger partial charge < -0.3 is 5.32 Å². The summed E-state index contributed by atoms with van der Waals surface area (Å²) < 4.78 is 0. The summed E-state index contributed by atoms with van der Waals surface area (Å²) in [6, 6.07) is 6.67. The molecule has 114 valence electrons. The summed E-state index contributed by atoms with van der Waals surface area (Å²) in [6.07, 6.45) is 3.67. The maximum Gasteiger partial charge on any atom is 0.00109 e. The van der Waals surface area contributed by atoms with Crippen LogP contribution in [-0.4, -0.2) is 13.1 Å². The molecule has 0 aliphatic carbocycles. The van der Waals surface area contributed by atoms with Gasteiger partial charge >= 0.3 is 0 Å². The van der Waals surface area contributed by atoms with E-state index < -0.39 is 0 Å². The molecule has 1 N–H and O–H groups in total. The molecule has 0 saturated heterocycles. The van der Waals surface area contributed by atoms with E-state index in [2.05, 4.69) is 65.1 Å². The molecule has 0 radical (unpaired) electrons. The molecule has 0 bridgehead atoms. The van der Waals surface area contributed by atoms with Crippen molar-refractivity contribution in [2.45, 2.75) is 60.8 Å². The lowest BCUT2D eigenvalue weighted by atomic mass is 9.75. The third-order valence-electron chi connectivity index (χ3n) is 4.75. The van der Waals surface area contributed by atoms with Crippen molar-refractivity contribution >= 4 is 0 Å². The van der Waals surface area contributed by atoms with Gasteiger partial charge in [0, 0.05) is 6.54 Å². The minimum Gasteiger partial charge on any atom is -0.316 e. The molecule has 0 unspecified atom stereocenters. The first-order chi connectivity index (χ1) is 9.44. The van der Waals surface area contributed by atoms with Crippen LogP contribution in [0.5, 0.6) is 0 Å². The fraction of sp³-hybridized carbons (Fsp3) is 0.684. The lowest BCUT2D eigenvalue weighted by Gasteiger charge is -2.34. The van der Waals surface area contributed by atoms with Crippen LogP contribution >= 0.6 is 0 Å². The van der Waals surface area contributed by atoms with Crippen molar-refractivity contribution in [2.75, 3.05) is 13.1 Å². The lowest BCUT2D eigenvalue weighted by Crippen LogP contribution is -2.37. The summed E-state index contributed by atoms with van der Waals surface area (Å²) in [7, 11) is 0. The number of rotatable bonds is 8.